The van der Waals surface area contributed by atoms with Crippen LogP contribution in [-0.2, 0) is 6.54 Å². The monoisotopic (exact) mass is 347 g/mol. The minimum Gasteiger partial charge on any atom is -0.486 e. The Bertz CT molecular complexity index is 670. The van der Waals surface area contributed by atoms with E-state index in [4.69, 9.17) is 9.47 Å². The van der Waals surface area contributed by atoms with Crippen molar-refractivity contribution in [3.63, 3.8) is 0 Å². The lowest BCUT2D eigenvalue weighted by molar-refractivity contribution is 0.171. The van der Waals surface area contributed by atoms with Crippen molar-refractivity contribution in [1.29, 1.82) is 0 Å². The van der Waals surface area contributed by atoms with Gasteiger partial charge in [0.2, 0.25) is 0 Å². The highest BCUT2D eigenvalue weighted by atomic mass is 79.9. The molecule has 3 rings (SSSR count). The van der Waals surface area contributed by atoms with Crippen molar-refractivity contribution in [1.82, 2.24) is 0 Å². The first-order valence-electron chi connectivity index (χ1n) is 7.03. The van der Waals surface area contributed by atoms with Crippen molar-refractivity contribution in [3.05, 3.63) is 51.5 Å². The van der Waals surface area contributed by atoms with Crippen LogP contribution in [0.4, 0.5) is 5.69 Å². The number of hydrogen-bond acceptors (Lipinski definition) is 3. The third-order valence-corrected chi connectivity index (χ3v) is 4.47. The molecule has 0 aliphatic carbocycles. The molecule has 3 nitrogen and oxygen atoms in total. The number of benzene rings is 2. The molecule has 1 N–H and O–H groups in total. The Kier molecular flexibility index (Phi) is 4.06. The van der Waals surface area contributed by atoms with Gasteiger partial charge in [0, 0.05) is 23.2 Å². The van der Waals surface area contributed by atoms with Crippen LogP contribution in [0.3, 0.4) is 0 Å². The van der Waals surface area contributed by atoms with Crippen molar-refractivity contribution in [2.75, 3.05) is 18.5 Å². The molecule has 2 aromatic carbocycles. The van der Waals surface area contributed by atoms with Crippen LogP contribution >= 0.6 is 15.9 Å². The Hall–Kier alpha value is -1.68. The lowest BCUT2D eigenvalue weighted by Gasteiger charge is -2.20. The van der Waals surface area contributed by atoms with Crippen molar-refractivity contribution < 1.29 is 9.47 Å². The van der Waals surface area contributed by atoms with E-state index >= 15 is 0 Å². The SMILES string of the molecule is Cc1cccc(CNc2cc3c(cc2Br)OCCO3)c1C. The van der Waals surface area contributed by atoms with Gasteiger partial charge < -0.3 is 14.8 Å². The van der Waals surface area contributed by atoms with Crippen molar-refractivity contribution in [2.45, 2.75) is 20.4 Å². The molecule has 0 bridgehead atoms. The van der Waals surface area contributed by atoms with Crippen molar-refractivity contribution in [2.24, 2.45) is 0 Å². The fourth-order valence-electron chi connectivity index (χ4n) is 2.39. The molecule has 0 amide bonds. The summed E-state index contributed by atoms with van der Waals surface area (Å²) >= 11 is 3.58. The molecule has 2 aromatic rings. The van der Waals surface area contributed by atoms with E-state index in [1.807, 2.05) is 12.1 Å². The van der Waals surface area contributed by atoms with Gasteiger partial charge in [0.15, 0.2) is 11.5 Å². The summed E-state index contributed by atoms with van der Waals surface area (Å²) < 4.78 is 12.2. The Labute approximate surface area is 133 Å². The van der Waals surface area contributed by atoms with Gasteiger partial charge >= 0.3 is 0 Å². The van der Waals surface area contributed by atoms with Gasteiger partial charge in [-0.3, -0.25) is 0 Å². The Morgan fingerprint density at radius 3 is 2.57 bits per heavy atom. The quantitative estimate of drug-likeness (QED) is 0.889. The van der Waals surface area contributed by atoms with Gasteiger partial charge in [-0.2, -0.15) is 0 Å². The molecule has 0 fully saturated rings. The van der Waals surface area contributed by atoms with Crippen LogP contribution < -0.4 is 14.8 Å². The number of aryl methyl sites for hydroxylation is 1. The highest BCUT2D eigenvalue weighted by molar-refractivity contribution is 9.10. The summed E-state index contributed by atoms with van der Waals surface area (Å²) in [6, 6.07) is 10.3. The maximum absolute atomic E-state index is 5.63. The maximum Gasteiger partial charge on any atom is 0.163 e. The summed E-state index contributed by atoms with van der Waals surface area (Å²) in [6.07, 6.45) is 0. The topological polar surface area (TPSA) is 30.5 Å². The molecular weight excluding hydrogens is 330 g/mol. The average molecular weight is 348 g/mol. The fraction of sp³-hybridized carbons (Fsp3) is 0.294. The third kappa shape index (κ3) is 3.00. The molecule has 110 valence electrons. The van der Waals surface area contributed by atoms with E-state index in [9.17, 15) is 0 Å². The molecule has 0 aromatic heterocycles. The number of halogens is 1. The molecule has 0 saturated carbocycles. The molecular formula is C17H18BrNO2. The van der Waals surface area contributed by atoms with Crippen LogP contribution in [0.5, 0.6) is 11.5 Å². The van der Waals surface area contributed by atoms with E-state index in [0.29, 0.717) is 13.2 Å². The van der Waals surface area contributed by atoms with Crippen LogP contribution in [0.25, 0.3) is 0 Å². The van der Waals surface area contributed by atoms with E-state index in [1.165, 1.54) is 16.7 Å². The predicted molar refractivity (Wildman–Crippen MR) is 88.4 cm³/mol. The maximum atomic E-state index is 5.63. The fourth-order valence-corrected chi connectivity index (χ4v) is 2.86. The van der Waals surface area contributed by atoms with Gasteiger partial charge in [0.05, 0.1) is 5.69 Å². The zero-order chi connectivity index (χ0) is 14.8. The highest BCUT2D eigenvalue weighted by Gasteiger charge is 2.14. The highest BCUT2D eigenvalue weighted by Crippen LogP contribution is 2.38. The van der Waals surface area contributed by atoms with Crippen LogP contribution in [0, 0.1) is 13.8 Å². The molecule has 0 atom stereocenters. The Balaban J connectivity index is 1.80. The summed E-state index contributed by atoms with van der Waals surface area (Å²) in [7, 11) is 0. The third-order valence-electron chi connectivity index (χ3n) is 3.82. The lowest BCUT2D eigenvalue weighted by Crippen LogP contribution is -2.15. The van der Waals surface area contributed by atoms with Crippen LogP contribution in [0.1, 0.15) is 16.7 Å². The van der Waals surface area contributed by atoms with E-state index < -0.39 is 0 Å². The first kappa shape index (κ1) is 14.3. The first-order valence-corrected chi connectivity index (χ1v) is 7.82. The second-order valence-corrected chi connectivity index (χ2v) is 6.04. The number of hydrogen-bond donors (Lipinski definition) is 1. The second kappa shape index (κ2) is 5.98. The lowest BCUT2D eigenvalue weighted by atomic mass is 10.0. The van der Waals surface area contributed by atoms with Gasteiger partial charge in [-0.25, -0.2) is 0 Å². The molecule has 0 unspecified atom stereocenters. The zero-order valence-electron chi connectivity index (χ0n) is 12.2. The Morgan fingerprint density at radius 1 is 1.10 bits per heavy atom. The van der Waals surface area contributed by atoms with Gasteiger partial charge in [0.1, 0.15) is 13.2 Å². The van der Waals surface area contributed by atoms with Crippen molar-refractivity contribution in [3.8, 4) is 11.5 Å². The standard InChI is InChI=1S/C17H18BrNO2/c1-11-4-3-5-13(12(11)2)10-19-15-9-17-16(8-14(15)18)20-6-7-21-17/h3-5,8-9,19H,6-7,10H2,1-2H3. The van der Waals surface area contributed by atoms with Gasteiger partial charge in [-0.05, 0) is 46.5 Å². The molecule has 1 heterocycles. The molecule has 1 aliphatic rings. The first-order chi connectivity index (χ1) is 10.1. The second-order valence-electron chi connectivity index (χ2n) is 5.19. The molecule has 1 aliphatic heterocycles. The molecule has 4 heteroatoms. The minimum absolute atomic E-state index is 0.602. The number of anilines is 1. The van der Waals surface area contributed by atoms with Crippen LogP contribution in [0.2, 0.25) is 0 Å². The number of nitrogens with one attached hydrogen (secondary N) is 1. The van der Waals surface area contributed by atoms with Gasteiger partial charge in [-0.1, -0.05) is 18.2 Å². The van der Waals surface area contributed by atoms with Gasteiger partial charge in [0.25, 0.3) is 0 Å². The molecule has 0 spiro atoms. The normalized spacial score (nSPS) is 13.1. The van der Waals surface area contributed by atoms with E-state index in [-0.39, 0.29) is 0 Å². The molecule has 0 radical (unpaired) electrons. The van der Waals surface area contributed by atoms with Crippen molar-refractivity contribution >= 4 is 21.6 Å². The van der Waals surface area contributed by atoms with Crippen LogP contribution in [-0.4, -0.2) is 13.2 Å². The number of ether oxygens (including phenoxy) is 2. The number of rotatable bonds is 3. The largest absolute Gasteiger partial charge is 0.486 e. The average Bonchev–Trinajstić information content (AvgIpc) is 2.49. The predicted octanol–water partition coefficient (Wildman–Crippen LogP) is 4.45. The minimum atomic E-state index is 0.602. The van der Waals surface area contributed by atoms with E-state index in [2.05, 4.69) is 53.3 Å². The summed E-state index contributed by atoms with van der Waals surface area (Å²) in [4.78, 5) is 0. The van der Waals surface area contributed by atoms with E-state index in [0.717, 1.165) is 28.2 Å². The summed E-state index contributed by atoms with van der Waals surface area (Å²) in [5, 5.41) is 3.46. The summed E-state index contributed by atoms with van der Waals surface area (Å²) in [5.74, 6) is 1.60. The summed E-state index contributed by atoms with van der Waals surface area (Å²) in [5.41, 5.74) is 4.96. The Morgan fingerprint density at radius 2 is 1.81 bits per heavy atom. The smallest absolute Gasteiger partial charge is 0.163 e. The zero-order valence-corrected chi connectivity index (χ0v) is 13.8. The van der Waals surface area contributed by atoms with Crippen LogP contribution in [0.15, 0.2) is 34.8 Å². The number of fused-ring (bicyclic) bond motifs is 1. The summed E-state index contributed by atoms with van der Waals surface area (Å²) in [6.45, 7) is 6.29. The van der Waals surface area contributed by atoms with E-state index in [1.54, 1.807) is 0 Å². The molecule has 0 saturated heterocycles. The van der Waals surface area contributed by atoms with Gasteiger partial charge in [-0.15, -0.1) is 0 Å². The molecule has 21 heavy (non-hydrogen) atoms.